The highest BCUT2D eigenvalue weighted by Crippen LogP contribution is 2.22. The third-order valence-corrected chi connectivity index (χ3v) is 5.48. The Morgan fingerprint density at radius 1 is 1.00 bits per heavy atom. The summed E-state index contributed by atoms with van der Waals surface area (Å²) >= 11 is 0. The number of carbonyl (C=O) groups is 1. The molecule has 0 radical (unpaired) electrons. The Balaban J connectivity index is 2.26. The molecule has 0 fully saturated rings. The van der Waals surface area contributed by atoms with E-state index in [1.807, 2.05) is 20.8 Å². The lowest BCUT2D eigenvalue weighted by atomic mass is 10.1. The van der Waals surface area contributed by atoms with Gasteiger partial charge in [-0.25, -0.2) is 8.42 Å². The second-order valence-electron chi connectivity index (χ2n) is 5.93. The van der Waals surface area contributed by atoms with Gasteiger partial charge in [0.2, 0.25) is 0 Å². The Labute approximate surface area is 149 Å². The molecule has 0 aromatic heterocycles. The van der Waals surface area contributed by atoms with Gasteiger partial charge in [-0.2, -0.15) is 0 Å². The van der Waals surface area contributed by atoms with Crippen molar-refractivity contribution in [2.75, 3.05) is 17.8 Å². The lowest BCUT2D eigenvalue weighted by molar-refractivity contribution is 0.0773. The lowest BCUT2D eigenvalue weighted by Gasteiger charge is -2.19. The first-order chi connectivity index (χ1) is 11.8. The van der Waals surface area contributed by atoms with Gasteiger partial charge >= 0.3 is 0 Å². The van der Waals surface area contributed by atoms with Crippen molar-refractivity contribution in [2.45, 2.75) is 32.6 Å². The monoisotopic (exact) mass is 360 g/mol. The number of anilines is 1. The van der Waals surface area contributed by atoms with Crippen LogP contribution >= 0.6 is 0 Å². The maximum atomic E-state index is 12.5. The minimum absolute atomic E-state index is 0.0546. The summed E-state index contributed by atoms with van der Waals surface area (Å²) in [5.74, 6) is -0.0546. The summed E-state index contributed by atoms with van der Waals surface area (Å²) in [6.07, 6.45) is 0. The van der Waals surface area contributed by atoms with E-state index < -0.39 is 10.0 Å². The summed E-state index contributed by atoms with van der Waals surface area (Å²) < 4.78 is 27.6. The number of amides is 1. The van der Waals surface area contributed by atoms with Gasteiger partial charge in [-0.3, -0.25) is 9.52 Å². The van der Waals surface area contributed by atoms with Crippen LogP contribution in [0.15, 0.2) is 47.4 Å². The Kier molecular flexibility index (Phi) is 5.85. The predicted octanol–water partition coefficient (Wildman–Crippen LogP) is 3.59. The number of carbonyl (C=O) groups excluding carboxylic acids is 1. The molecular weight excluding hydrogens is 336 g/mol. The Morgan fingerprint density at radius 2 is 1.60 bits per heavy atom. The lowest BCUT2D eigenvalue weighted by Crippen LogP contribution is -2.30. The van der Waals surface area contributed by atoms with Gasteiger partial charge in [0.25, 0.3) is 15.9 Å². The summed E-state index contributed by atoms with van der Waals surface area (Å²) in [4.78, 5) is 14.3. The van der Waals surface area contributed by atoms with Gasteiger partial charge in [-0.15, -0.1) is 0 Å². The second kappa shape index (κ2) is 7.70. The van der Waals surface area contributed by atoms with Crippen molar-refractivity contribution < 1.29 is 13.2 Å². The molecule has 0 saturated carbocycles. The van der Waals surface area contributed by atoms with E-state index in [-0.39, 0.29) is 10.8 Å². The fraction of sp³-hybridized carbons (Fsp3) is 0.316. The van der Waals surface area contributed by atoms with E-state index in [1.54, 1.807) is 54.3 Å². The van der Waals surface area contributed by atoms with E-state index in [1.165, 1.54) is 0 Å². The molecule has 1 N–H and O–H groups in total. The van der Waals surface area contributed by atoms with Crippen LogP contribution in [0.5, 0.6) is 0 Å². The topological polar surface area (TPSA) is 66.5 Å². The average molecular weight is 360 g/mol. The van der Waals surface area contributed by atoms with E-state index in [0.717, 1.165) is 5.56 Å². The minimum Gasteiger partial charge on any atom is -0.339 e. The normalized spacial score (nSPS) is 11.2. The third-order valence-electron chi connectivity index (χ3n) is 4.10. The Bertz CT molecular complexity index is 855. The van der Waals surface area contributed by atoms with E-state index in [2.05, 4.69) is 4.72 Å². The zero-order valence-electron chi connectivity index (χ0n) is 15.0. The molecule has 0 saturated heterocycles. The summed E-state index contributed by atoms with van der Waals surface area (Å²) in [6.45, 7) is 8.81. The highest BCUT2D eigenvalue weighted by atomic mass is 32.2. The molecule has 0 unspecified atom stereocenters. The zero-order valence-corrected chi connectivity index (χ0v) is 15.9. The number of aryl methyl sites for hydroxylation is 2. The maximum absolute atomic E-state index is 12.5. The molecule has 25 heavy (non-hydrogen) atoms. The van der Waals surface area contributed by atoms with E-state index in [4.69, 9.17) is 0 Å². The smallest absolute Gasteiger partial charge is 0.261 e. The molecule has 0 spiro atoms. The first-order valence-corrected chi connectivity index (χ1v) is 9.76. The van der Waals surface area contributed by atoms with E-state index in [0.29, 0.717) is 29.9 Å². The van der Waals surface area contributed by atoms with Crippen molar-refractivity contribution in [3.63, 3.8) is 0 Å². The number of nitrogens with zero attached hydrogens (tertiary/aromatic N) is 1. The molecule has 0 aliphatic carbocycles. The third kappa shape index (κ3) is 4.39. The molecular formula is C19H24N2O3S. The molecule has 0 heterocycles. The van der Waals surface area contributed by atoms with Crippen LogP contribution in [-0.4, -0.2) is 32.3 Å². The van der Waals surface area contributed by atoms with Crippen LogP contribution in [0.1, 0.15) is 35.3 Å². The number of nitrogens with one attached hydrogen (secondary N) is 1. The average Bonchev–Trinajstić information content (AvgIpc) is 2.58. The van der Waals surface area contributed by atoms with Crippen molar-refractivity contribution >= 4 is 21.6 Å². The van der Waals surface area contributed by atoms with Crippen LogP contribution in [0.25, 0.3) is 0 Å². The van der Waals surface area contributed by atoms with Crippen LogP contribution in [-0.2, 0) is 10.0 Å². The number of benzene rings is 2. The molecule has 2 rings (SSSR count). The van der Waals surface area contributed by atoms with Crippen LogP contribution in [0.2, 0.25) is 0 Å². The molecule has 1 amide bonds. The van der Waals surface area contributed by atoms with Crippen LogP contribution in [0.3, 0.4) is 0 Å². The zero-order chi connectivity index (χ0) is 18.6. The molecule has 2 aromatic carbocycles. The molecule has 5 nitrogen and oxygen atoms in total. The van der Waals surface area contributed by atoms with E-state index in [9.17, 15) is 13.2 Å². The first kappa shape index (κ1) is 19.0. The SMILES string of the molecule is CCN(CC)C(=O)c1ccc(NS(=O)(=O)c2ccc(C)cc2)c(C)c1. The molecule has 134 valence electrons. The van der Waals surface area contributed by atoms with Crippen LogP contribution in [0, 0.1) is 13.8 Å². The fourth-order valence-corrected chi connectivity index (χ4v) is 3.66. The van der Waals surface area contributed by atoms with Crippen molar-refractivity contribution in [3.8, 4) is 0 Å². The van der Waals surface area contributed by atoms with Crippen molar-refractivity contribution in [1.82, 2.24) is 4.90 Å². The minimum atomic E-state index is -3.66. The number of rotatable bonds is 6. The first-order valence-electron chi connectivity index (χ1n) is 8.28. The van der Waals surface area contributed by atoms with Gasteiger partial charge in [0.05, 0.1) is 10.6 Å². The van der Waals surface area contributed by atoms with Crippen molar-refractivity contribution in [2.24, 2.45) is 0 Å². The second-order valence-corrected chi connectivity index (χ2v) is 7.61. The Hall–Kier alpha value is -2.34. The van der Waals surface area contributed by atoms with Crippen LogP contribution in [0.4, 0.5) is 5.69 Å². The molecule has 0 aliphatic rings. The number of hydrogen-bond acceptors (Lipinski definition) is 3. The van der Waals surface area contributed by atoms with Gasteiger partial charge < -0.3 is 4.90 Å². The maximum Gasteiger partial charge on any atom is 0.261 e. The van der Waals surface area contributed by atoms with Crippen molar-refractivity contribution in [1.29, 1.82) is 0 Å². The molecule has 0 bridgehead atoms. The molecule has 6 heteroatoms. The summed E-state index contributed by atoms with van der Waals surface area (Å²) in [7, 11) is -3.66. The summed E-state index contributed by atoms with van der Waals surface area (Å²) in [6, 6.07) is 11.7. The molecule has 0 aliphatic heterocycles. The fourth-order valence-electron chi connectivity index (χ4n) is 2.53. The standard InChI is InChI=1S/C19H24N2O3S/c1-5-21(6-2)19(22)16-9-12-18(15(4)13-16)20-25(23,24)17-10-7-14(3)8-11-17/h7-13,20H,5-6H2,1-4H3. The summed E-state index contributed by atoms with van der Waals surface area (Å²) in [5, 5.41) is 0. The largest absolute Gasteiger partial charge is 0.339 e. The molecule has 2 aromatic rings. The predicted molar refractivity (Wildman–Crippen MR) is 100 cm³/mol. The Morgan fingerprint density at radius 3 is 2.12 bits per heavy atom. The van der Waals surface area contributed by atoms with Gasteiger partial charge in [0.1, 0.15) is 0 Å². The number of sulfonamides is 1. The highest BCUT2D eigenvalue weighted by molar-refractivity contribution is 7.92. The molecule has 0 atom stereocenters. The quantitative estimate of drug-likeness (QED) is 0.856. The number of hydrogen-bond donors (Lipinski definition) is 1. The highest BCUT2D eigenvalue weighted by Gasteiger charge is 2.17. The van der Waals surface area contributed by atoms with Crippen molar-refractivity contribution in [3.05, 3.63) is 59.2 Å². The van der Waals surface area contributed by atoms with Gasteiger partial charge in [0, 0.05) is 18.7 Å². The summed E-state index contributed by atoms with van der Waals surface area (Å²) in [5.41, 5.74) is 2.72. The van der Waals surface area contributed by atoms with Gasteiger partial charge in [0.15, 0.2) is 0 Å². The van der Waals surface area contributed by atoms with Gasteiger partial charge in [-0.1, -0.05) is 17.7 Å². The van der Waals surface area contributed by atoms with E-state index >= 15 is 0 Å². The van der Waals surface area contributed by atoms with Crippen LogP contribution < -0.4 is 4.72 Å². The van der Waals surface area contributed by atoms with Gasteiger partial charge in [-0.05, 0) is 63.6 Å².